The molecule has 2 aromatic rings. The van der Waals surface area contributed by atoms with Crippen molar-refractivity contribution in [2.24, 2.45) is 0 Å². The van der Waals surface area contributed by atoms with Crippen LogP contribution >= 0.6 is 12.6 Å². The van der Waals surface area contributed by atoms with E-state index < -0.39 is 0 Å². The Morgan fingerprint density at radius 2 is 1.95 bits per heavy atom. The van der Waals surface area contributed by atoms with Crippen LogP contribution in [0.3, 0.4) is 0 Å². The zero-order chi connectivity index (χ0) is 13.7. The van der Waals surface area contributed by atoms with Crippen molar-refractivity contribution in [2.45, 2.75) is 11.8 Å². The molecule has 0 aliphatic heterocycles. The molecule has 0 saturated carbocycles. The van der Waals surface area contributed by atoms with Gasteiger partial charge in [0.2, 0.25) is 0 Å². The number of carbonyl (C=O) groups excluding carboxylic acids is 1. The van der Waals surface area contributed by atoms with Crippen LogP contribution in [0, 0.1) is 0 Å². The van der Waals surface area contributed by atoms with Crippen LogP contribution < -0.4 is 10.1 Å². The number of carbonyl (C=O) groups is 1. The van der Waals surface area contributed by atoms with Crippen LogP contribution in [0.5, 0.6) is 5.75 Å². The van der Waals surface area contributed by atoms with E-state index in [2.05, 4.69) is 17.9 Å². The second-order valence-corrected chi connectivity index (χ2v) is 4.48. The Bertz CT molecular complexity index is 567. The van der Waals surface area contributed by atoms with E-state index in [1.165, 1.54) is 0 Å². The molecule has 19 heavy (non-hydrogen) atoms. The first-order valence-corrected chi connectivity index (χ1v) is 6.47. The molecule has 4 heteroatoms. The van der Waals surface area contributed by atoms with Crippen LogP contribution in [0.15, 0.2) is 53.4 Å². The van der Waals surface area contributed by atoms with Crippen molar-refractivity contribution in [2.75, 3.05) is 11.9 Å². The van der Waals surface area contributed by atoms with E-state index in [1.807, 2.05) is 37.3 Å². The van der Waals surface area contributed by atoms with Gasteiger partial charge in [-0.1, -0.05) is 6.07 Å². The van der Waals surface area contributed by atoms with E-state index in [0.29, 0.717) is 12.2 Å². The fraction of sp³-hybridized carbons (Fsp3) is 0.133. The Hall–Kier alpha value is -1.94. The lowest BCUT2D eigenvalue weighted by Gasteiger charge is -2.07. The van der Waals surface area contributed by atoms with Gasteiger partial charge in [0.25, 0.3) is 5.91 Å². The average Bonchev–Trinajstić information content (AvgIpc) is 2.41. The Balaban J connectivity index is 2.06. The molecular weight excluding hydrogens is 258 g/mol. The number of ether oxygens (including phenoxy) is 1. The summed E-state index contributed by atoms with van der Waals surface area (Å²) in [7, 11) is 0. The number of amides is 1. The second-order valence-electron chi connectivity index (χ2n) is 3.96. The molecular formula is C15H15NO2S. The lowest BCUT2D eigenvalue weighted by atomic mass is 10.2. The number of nitrogens with one attached hydrogen (secondary N) is 1. The summed E-state index contributed by atoms with van der Waals surface area (Å²) >= 11 is 4.22. The van der Waals surface area contributed by atoms with E-state index in [-0.39, 0.29) is 5.91 Å². The van der Waals surface area contributed by atoms with Gasteiger partial charge < -0.3 is 10.1 Å². The number of rotatable bonds is 4. The first-order valence-electron chi connectivity index (χ1n) is 6.02. The number of anilines is 1. The molecule has 0 heterocycles. The molecule has 0 atom stereocenters. The standard InChI is InChI=1S/C15H15NO2S/c1-2-18-13-8-6-12(7-9-13)16-15(17)11-4-3-5-14(19)10-11/h3-10,19H,2H2,1H3,(H,16,17). The average molecular weight is 273 g/mol. The van der Waals surface area contributed by atoms with Crippen molar-refractivity contribution in [1.29, 1.82) is 0 Å². The topological polar surface area (TPSA) is 38.3 Å². The minimum Gasteiger partial charge on any atom is -0.494 e. The predicted octanol–water partition coefficient (Wildman–Crippen LogP) is 3.63. The Morgan fingerprint density at radius 1 is 1.21 bits per heavy atom. The highest BCUT2D eigenvalue weighted by Gasteiger charge is 2.06. The molecule has 3 nitrogen and oxygen atoms in total. The number of hydrogen-bond acceptors (Lipinski definition) is 3. The number of thiol groups is 1. The van der Waals surface area contributed by atoms with Crippen molar-refractivity contribution in [1.82, 2.24) is 0 Å². The quantitative estimate of drug-likeness (QED) is 0.835. The summed E-state index contributed by atoms with van der Waals surface area (Å²) in [6.07, 6.45) is 0. The molecule has 0 bridgehead atoms. The van der Waals surface area contributed by atoms with Gasteiger partial charge in [-0.25, -0.2) is 0 Å². The molecule has 0 unspecified atom stereocenters. The maximum Gasteiger partial charge on any atom is 0.255 e. The third kappa shape index (κ3) is 3.76. The van der Waals surface area contributed by atoms with Gasteiger partial charge in [0.15, 0.2) is 0 Å². The van der Waals surface area contributed by atoms with Crippen LogP contribution in [0.25, 0.3) is 0 Å². The second kappa shape index (κ2) is 6.29. The zero-order valence-corrected chi connectivity index (χ0v) is 11.5. The minimum atomic E-state index is -0.153. The third-order valence-electron chi connectivity index (χ3n) is 2.53. The smallest absolute Gasteiger partial charge is 0.255 e. The number of hydrogen-bond donors (Lipinski definition) is 2. The summed E-state index contributed by atoms with van der Waals surface area (Å²) in [6.45, 7) is 2.56. The van der Waals surface area contributed by atoms with Gasteiger partial charge in [0, 0.05) is 16.1 Å². The van der Waals surface area contributed by atoms with Crippen LogP contribution in [0.2, 0.25) is 0 Å². The first-order chi connectivity index (χ1) is 9.19. The van der Waals surface area contributed by atoms with Gasteiger partial charge in [-0.05, 0) is 49.4 Å². The minimum absolute atomic E-state index is 0.153. The van der Waals surface area contributed by atoms with E-state index in [0.717, 1.165) is 16.3 Å². The van der Waals surface area contributed by atoms with E-state index in [4.69, 9.17) is 4.74 Å². The molecule has 98 valence electrons. The summed E-state index contributed by atoms with van der Waals surface area (Å²) in [5.41, 5.74) is 1.32. The van der Waals surface area contributed by atoms with Gasteiger partial charge in [-0.15, -0.1) is 12.6 Å². The van der Waals surface area contributed by atoms with Crippen molar-refractivity contribution >= 4 is 24.2 Å². The summed E-state index contributed by atoms with van der Waals surface area (Å²) < 4.78 is 5.34. The van der Waals surface area contributed by atoms with Gasteiger partial charge in [-0.2, -0.15) is 0 Å². The summed E-state index contributed by atoms with van der Waals surface area (Å²) in [4.78, 5) is 12.8. The fourth-order valence-corrected chi connectivity index (χ4v) is 1.88. The molecule has 2 rings (SSSR count). The van der Waals surface area contributed by atoms with Crippen molar-refractivity contribution < 1.29 is 9.53 Å². The van der Waals surface area contributed by atoms with Crippen molar-refractivity contribution in [3.63, 3.8) is 0 Å². The molecule has 0 radical (unpaired) electrons. The molecule has 1 amide bonds. The molecule has 1 N–H and O–H groups in total. The highest BCUT2D eigenvalue weighted by atomic mass is 32.1. The zero-order valence-electron chi connectivity index (χ0n) is 10.6. The first kappa shape index (κ1) is 13.5. The number of benzene rings is 2. The monoisotopic (exact) mass is 273 g/mol. The van der Waals surface area contributed by atoms with Crippen molar-refractivity contribution in [3.8, 4) is 5.75 Å². The van der Waals surface area contributed by atoms with E-state index in [1.54, 1.807) is 18.2 Å². The van der Waals surface area contributed by atoms with Crippen LogP contribution in [0.4, 0.5) is 5.69 Å². The highest BCUT2D eigenvalue weighted by molar-refractivity contribution is 7.80. The Labute approximate surface area is 118 Å². The van der Waals surface area contributed by atoms with Crippen LogP contribution in [-0.4, -0.2) is 12.5 Å². The summed E-state index contributed by atoms with van der Waals surface area (Å²) in [5.74, 6) is 0.637. The molecule has 0 spiro atoms. The van der Waals surface area contributed by atoms with Gasteiger partial charge >= 0.3 is 0 Å². The maximum absolute atomic E-state index is 12.0. The van der Waals surface area contributed by atoms with E-state index in [9.17, 15) is 4.79 Å². The predicted molar refractivity (Wildman–Crippen MR) is 79.3 cm³/mol. The van der Waals surface area contributed by atoms with Gasteiger partial charge in [0.05, 0.1) is 6.61 Å². The van der Waals surface area contributed by atoms with Crippen LogP contribution in [-0.2, 0) is 0 Å². The van der Waals surface area contributed by atoms with Gasteiger partial charge in [0.1, 0.15) is 5.75 Å². The molecule has 0 fully saturated rings. The normalized spacial score (nSPS) is 10.0. The van der Waals surface area contributed by atoms with Crippen molar-refractivity contribution in [3.05, 3.63) is 54.1 Å². The lowest BCUT2D eigenvalue weighted by molar-refractivity contribution is 0.102. The van der Waals surface area contributed by atoms with E-state index >= 15 is 0 Å². The Kier molecular flexibility index (Phi) is 4.47. The SMILES string of the molecule is CCOc1ccc(NC(=O)c2cccc(S)c2)cc1. The summed E-state index contributed by atoms with van der Waals surface area (Å²) in [5, 5.41) is 2.83. The molecule has 0 aliphatic carbocycles. The lowest BCUT2D eigenvalue weighted by Crippen LogP contribution is -2.11. The molecule has 0 aromatic heterocycles. The maximum atomic E-state index is 12.0. The molecule has 0 aliphatic rings. The van der Waals surface area contributed by atoms with Gasteiger partial charge in [-0.3, -0.25) is 4.79 Å². The molecule has 2 aromatic carbocycles. The Morgan fingerprint density at radius 3 is 2.58 bits per heavy atom. The third-order valence-corrected chi connectivity index (χ3v) is 2.81. The fourth-order valence-electron chi connectivity index (χ4n) is 1.65. The highest BCUT2D eigenvalue weighted by Crippen LogP contribution is 2.17. The van der Waals surface area contributed by atoms with Crippen LogP contribution in [0.1, 0.15) is 17.3 Å². The largest absolute Gasteiger partial charge is 0.494 e. The molecule has 0 saturated heterocycles. The summed E-state index contributed by atoms with van der Waals surface area (Å²) in [6, 6.07) is 14.4.